The molecule has 0 radical (unpaired) electrons. The molecule has 16 heavy (non-hydrogen) atoms. The van der Waals surface area contributed by atoms with E-state index in [1.807, 2.05) is 37.3 Å². The van der Waals surface area contributed by atoms with E-state index in [1.165, 1.54) is 0 Å². The summed E-state index contributed by atoms with van der Waals surface area (Å²) in [4.78, 5) is 13.9. The van der Waals surface area contributed by atoms with E-state index in [-0.39, 0.29) is 5.91 Å². The Hall–Kier alpha value is -1.02. The van der Waals surface area contributed by atoms with Gasteiger partial charge in [-0.3, -0.25) is 4.79 Å². The van der Waals surface area contributed by atoms with Gasteiger partial charge in [-0.2, -0.15) is 0 Å². The Bertz CT molecular complexity index is 326. The summed E-state index contributed by atoms with van der Waals surface area (Å²) in [6.45, 7) is 5.51. The lowest BCUT2D eigenvalue weighted by Crippen LogP contribution is -2.34. The first-order valence-corrected chi connectivity index (χ1v) is 6.12. The maximum absolute atomic E-state index is 12.1. The Morgan fingerprint density at radius 3 is 2.44 bits per heavy atom. The Kier molecular flexibility index (Phi) is 5.33. The molecule has 0 aliphatic rings. The minimum Gasteiger partial charge on any atom is -0.341 e. The molecule has 1 amide bonds. The Labute approximate surface area is 102 Å². The maximum Gasteiger partial charge on any atom is 0.245 e. The molecule has 0 heterocycles. The number of alkyl halides is 1. The molecular formula is C13H18ClNO. The fraction of sp³-hybridized carbons (Fsp3) is 0.462. The largest absolute Gasteiger partial charge is 0.341 e. The van der Waals surface area contributed by atoms with E-state index < -0.39 is 5.38 Å². The van der Waals surface area contributed by atoms with Crippen molar-refractivity contribution in [3.8, 4) is 0 Å². The third kappa shape index (κ3) is 3.24. The number of hydrogen-bond donors (Lipinski definition) is 0. The lowest BCUT2D eigenvalue weighted by Gasteiger charge is -2.23. The summed E-state index contributed by atoms with van der Waals surface area (Å²) in [5.74, 6) is -0.00258. The van der Waals surface area contributed by atoms with Gasteiger partial charge in [-0.1, -0.05) is 37.3 Å². The predicted octanol–water partition coefficient (Wildman–Crippen LogP) is 3.23. The first kappa shape index (κ1) is 13.0. The van der Waals surface area contributed by atoms with Crippen LogP contribution in [-0.2, 0) is 4.79 Å². The summed E-state index contributed by atoms with van der Waals surface area (Å²) in [6, 6.07) is 9.48. The summed E-state index contributed by atoms with van der Waals surface area (Å²) in [6.07, 6.45) is 0.956. The number of rotatable bonds is 5. The minimum atomic E-state index is -0.562. The Balaban J connectivity index is 2.73. The van der Waals surface area contributed by atoms with Crippen LogP contribution in [-0.4, -0.2) is 23.9 Å². The molecule has 0 fully saturated rings. The SMILES string of the molecule is CCCN(CC)C(=O)C(Cl)c1ccccc1. The van der Waals surface area contributed by atoms with Gasteiger partial charge < -0.3 is 4.90 Å². The molecule has 88 valence electrons. The number of nitrogens with zero attached hydrogens (tertiary/aromatic N) is 1. The van der Waals surface area contributed by atoms with Crippen molar-refractivity contribution < 1.29 is 4.79 Å². The van der Waals surface area contributed by atoms with Crippen molar-refractivity contribution in [3.05, 3.63) is 35.9 Å². The minimum absolute atomic E-state index is 0.00258. The van der Waals surface area contributed by atoms with E-state index in [1.54, 1.807) is 4.90 Å². The average Bonchev–Trinajstić information content (AvgIpc) is 2.35. The van der Waals surface area contributed by atoms with Crippen molar-refractivity contribution >= 4 is 17.5 Å². The highest BCUT2D eigenvalue weighted by Gasteiger charge is 2.21. The van der Waals surface area contributed by atoms with Gasteiger partial charge in [0.25, 0.3) is 0 Å². The summed E-state index contributed by atoms with van der Waals surface area (Å²) < 4.78 is 0. The molecule has 2 nitrogen and oxygen atoms in total. The second-order valence-electron chi connectivity index (χ2n) is 3.69. The highest BCUT2D eigenvalue weighted by atomic mass is 35.5. The molecule has 1 atom stereocenters. The highest BCUT2D eigenvalue weighted by Crippen LogP contribution is 2.22. The Morgan fingerprint density at radius 2 is 1.94 bits per heavy atom. The van der Waals surface area contributed by atoms with E-state index in [9.17, 15) is 4.79 Å². The van der Waals surface area contributed by atoms with Gasteiger partial charge in [0.1, 0.15) is 5.38 Å². The number of carbonyl (C=O) groups is 1. The third-order valence-electron chi connectivity index (χ3n) is 2.50. The smallest absolute Gasteiger partial charge is 0.245 e. The Morgan fingerprint density at radius 1 is 1.31 bits per heavy atom. The van der Waals surface area contributed by atoms with Crippen molar-refractivity contribution in [3.63, 3.8) is 0 Å². The number of halogens is 1. The molecule has 1 aromatic carbocycles. The molecule has 3 heteroatoms. The first-order valence-electron chi connectivity index (χ1n) is 5.68. The van der Waals surface area contributed by atoms with Crippen molar-refractivity contribution in [1.29, 1.82) is 0 Å². The summed E-state index contributed by atoms with van der Waals surface area (Å²) in [7, 11) is 0. The topological polar surface area (TPSA) is 20.3 Å². The number of hydrogen-bond acceptors (Lipinski definition) is 1. The summed E-state index contributed by atoms with van der Waals surface area (Å²) in [5.41, 5.74) is 0.865. The lowest BCUT2D eigenvalue weighted by molar-refractivity contribution is -0.130. The normalized spacial score (nSPS) is 12.2. The van der Waals surface area contributed by atoms with Crippen LogP contribution < -0.4 is 0 Å². The maximum atomic E-state index is 12.1. The summed E-state index contributed by atoms with van der Waals surface area (Å²) in [5, 5.41) is -0.562. The van der Waals surface area contributed by atoms with Crippen LogP contribution >= 0.6 is 11.6 Å². The van der Waals surface area contributed by atoms with Crippen molar-refractivity contribution in [2.45, 2.75) is 25.6 Å². The molecule has 0 N–H and O–H groups in total. The van der Waals surface area contributed by atoms with Crippen LogP contribution in [0.5, 0.6) is 0 Å². The van der Waals surface area contributed by atoms with Gasteiger partial charge >= 0.3 is 0 Å². The van der Waals surface area contributed by atoms with Gasteiger partial charge in [0.15, 0.2) is 0 Å². The quantitative estimate of drug-likeness (QED) is 0.723. The number of carbonyl (C=O) groups excluding carboxylic acids is 1. The number of benzene rings is 1. The summed E-state index contributed by atoms with van der Waals surface area (Å²) >= 11 is 6.17. The molecule has 0 aromatic heterocycles. The molecular weight excluding hydrogens is 222 g/mol. The zero-order chi connectivity index (χ0) is 12.0. The van der Waals surface area contributed by atoms with Crippen LogP contribution in [0.15, 0.2) is 30.3 Å². The van der Waals surface area contributed by atoms with Crippen LogP contribution in [0.2, 0.25) is 0 Å². The van der Waals surface area contributed by atoms with Crippen LogP contribution in [0.25, 0.3) is 0 Å². The van der Waals surface area contributed by atoms with Crippen LogP contribution in [0.1, 0.15) is 31.2 Å². The van der Waals surface area contributed by atoms with E-state index in [2.05, 4.69) is 6.92 Å². The van der Waals surface area contributed by atoms with Crippen molar-refractivity contribution in [2.24, 2.45) is 0 Å². The van der Waals surface area contributed by atoms with E-state index in [0.717, 1.165) is 18.5 Å². The van der Waals surface area contributed by atoms with E-state index in [0.29, 0.717) is 6.54 Å². The molecule has 1 unspecified atom stereocenters. The molecule has 1 rings (SSSR count). The average molecular weight is 240 g/mol. The molecule has 0 aliphatic carbocycles. The zero-order valence-electron chi connectivity index (χ0n) is 9.82. The molecule has 0 spiro atoms. The van der Waals surface area contributed by atoms with Crippen LogP contribution in [0.3, 0.4) is 0 Å². The lowest BCUT2D eigenvalue weighted by atomic mass is 10.1. The van der Waals surface area contributed by atoms with Crippen LogP contribution in [0, 0.1) is 0 Å². The molecule has 0 saturated heterocycles. The monoisotopic (exact) mass is 239 g/mol. The van der Waals surface area contributed by atoms with Gasteiger partial charge in [0.05, 0.1) is 0 Å². The van der Waals surface area contributed by atoms with Gasteiger partial charge in [0.2, 0.25) is 5.91 Å². The number of likely N-dealkylation sites (N-methyl/N-ethyl adjacent to an activating group) is 1. The second-order valence-corrected chi connectivity index (χ2v) is 4.13. The third-order valence-corrected chi connectivity index (χ3v) is 2.93. The molecule has 0 saturated carbocycles. The van der Waals surface area contributed by atoms with E-state index >= 15 is 0 Å². The van der Waals surface area contributed by atoms with Gasteiger partial charge in [0, 0.05) is 13.1 Å². The van der Waals surface area contributed by atoms with Crippen LogP contribution in [0.4, 0.5) is 0 Å². The molecule has 1 aromatic rings. The fourth-order valence-electron chi connectivity index (χ4n) is 1.62. The zero-order valence-corrected chi connectivity index (χ0v) is 10.6. The molecule has 0 bridgehead atoms. The highest BCUT2D eigenvalue weighted by molar-refractivity contribution is 6.30. The number of amides is 1. The van der Waals surface area contributed by atoms with Crippen molar-refractivity contribution in [1.82, 2.24) is 4.90 Å². The van der Waals surface area contributed by atoms with Gasteiger partial charge in [-0.25, -0.2) is 0 Å². The first-order chi connectivity index (χ1) is 7.70. The molecule has 0 aliphatic heterocycles. The van der Waals surface area contributed by atoms with E-state index in [4.69, 9.17) is 11.6 Å². The standard InChI is InChI=1S/C13H18ClNO/c1-3-10-15(4-2)13(16)12(14)11-8-6-5-7-9-11/h5-9,12H,3-4,10H2,1-2H3. The van der Waals surface area contributed by atoms with Crippen molar-refractivity contribution in [2.75, 3.05) is 13.1 Å². The predicted molar refractivity (Wildman–Crippen MR) is 67.6 cm³/mol. The second kappa shape index (κ2) is 6.54. The van der Waals surface area contributed by atoms with Gasteiger partial charge in [-0.15, -0.1) is 11.6 Å². The fourth-order valence-corrected chi connectivity index (χ4v) is 1.90. The van der Waals surface area contributed by atoms with Gasteiger partial charge in [-0.05, 0) is 18.9 Å².